The lowest BCUT2D eigenvalue weighted by Gasteiger charge is -2.19. The van der Waals surface area contributed by atoms with Crippen molar-refractivity contribution in [3.05, 3.63) is 47.5 Å². The van der Waals surface area contributed by atoms with Gasteiger partial charge in [0.15, 0.2) is 0 Å². The molecule has 0 bridgehead atoms. The number of carbonyl (C=O) groups excluding carboxylic acids is 4. The van der Waals surface area contributed by atoms with E-state index in [1.54, 1.807) is 6.92 Å². The van der Waals surface area contributed by atoms with Gasteiger partial charge in [-0.15, -0.1) is 0 Å². The van der Waals surface area contributed by atoms with Crippen LogP contribution < -0.4 is 0 Å². The van der Waals surface area contributed by atoms with Crippen LogP contribution in [0.1, 0.15) is 194 Å². The lowest BCUT2D eigenvalue weighted by Crippen LogP contribution is -2.21. The van der Waals surface area contributed by atoms with Gasteiger partial charge in [0.2, 0.25) is 0 Å². The summed E-state index contributed by atoms with van der Waals surface area (Å²) in [5.74, 6) is -0.337. The predicted octanol–water partition coefficient (Wildman–Crippen LogP) is 13.2. The van der Waals surface area contributed by atoms with Crippen LogP contribution in [0.15, 0.2) is 36.4 Å². The van der Waals surface area contributed by atoms with E-state index in [1.807, 2.05) is 46.8 Å². The molecular weight excluding hydrogens is 604 g/mol. The third kappa shape index (κ3) is 27.1. The number of hydrogen-bond acceptors (Lipinski definition) is 4. The molecule has 0 fully saturated rings. The van der Waals surface area contributed by atoms with Gasteiger partial charge in [0.1, 0.15) is 23.6 Å². The number of allylic oxidation sites excluding steroid dienone is 1. The number of aryl methyl sites for hydroxylation is 1. The summed E-state index contributed by atoms with van der Waals surface area (Å²) in [7, 11) is 0. The van der Waals surface area contributed by atoms with E-state index in [4.69, 9.17) is 0 Å². The van der Waals surface area contributed by atoms with Crippen molar-refractivity contribution in [3.63, 3.8) is 0 Å². The first kappa shape index (κ1) is 48.8. The average molecular weight is 683 g/mol. The molecule has 49 heavy (non-hydrogen) atoms. The van der Waals surface area contributed by atoms with Crippen molar-refractivity contribution < 1.29 is 19.2 Å². The minimum atomic E-state index is -0.306. The SMILES string of the molecule is C=C(CCC(=O)[C@H](CCC)CC(=O)CCCCCCCCCCCCCCC)C[C@@H](Cc1ccc(C)cc1)C(=O)CC(C)C=O.CC.CC. The second-order valence-corrected chi connectivity index (χ2v) is 13.8. The zero-order chi connectivity index (χ0) is 37.3. The standard InChI is InChI=1S/C41H66O4.2C2H6/c1-6-8-9-10-11-12-13-14-15-16-17-18-19-21-39(43)31-37(20-7-2)40(44)27-24-34(4)28-38(41(45)29-35(5)32-42)30-36-25-22-33(3)23-26-36;2*1-2/h22-23,25-26,32,35,37-38H,4,6-21,24,27-31H2,1-3,5H3;2*1-2H3/t35?,37-,38+;;/m1../s1. The Bertz CT molecular complexity index is 976. The Kier molecular flexibility index (Phi) is 33.9. The Labute approximate surface area is 304 Å². The second-order valence-electron chi connectivity index (χ2n) is 13.8. The molecular formula is C45H78O4. The Balaban J connectivity index is 0. The van der Waals surface area contributed by atoms with Crippen LogP contribution in [0, 0.1) is 24.7 Å². The van der Waals surface area contributed by atoms with E-state index in [-0.39, 0.29) is 41.5 Å². The summed E-state index contributed by atoms with van der Waals surface area (Å²) in [6, 6.07) is 8.20. The molecule has 3 atom stereocenters. The quantitative estimate of drug-likeness (QED) is 0.0460. The summed E-state index contributed by atoms with van der Waals surface area (Å²) >= 11 is 0. The molecule has 0 spiro atoms. The highest BCUT2D eigenvalue weighted by molar-refractivity contribution is 5.88. The van der Waals surface area contributed by atoms with Gasteiger partial charge in [-0.2, -0.15) is 0 Å². The normalized spacial score (nSPS) is 12.4. The molecule has 1 rings (SSSR count). The van der Waals surface area contributed by atoms with E-state index in [2.05, 4.69) is 32.6 Å². The van der Waals surface area contributed by atoms with Crippen molar-refractivity contribution in [1.82, 2.24) is 0 Å². The van der Waals surface area contributed by atoms with Crippen molar-refractivity contribution in [2.75, 3.05) is 0 Å². The largest absolute Gasteiger partial charge is 0.303 e. The summed E-state index contributed by atoms with van der Waals surface area (Å²) in [5, 5.41) is 0. The number of aldehydes is 1. The summed E-state index contributed by atoms with van der Waals surface area (Å²) in [4.78, 5) is 50.3. The summed E-state index contributed by atoms with van der Waals surface area (Å²) in [5.41, 5.74) is 3.15. The lowest BCUT2D eigenvalue weighted by molar-refractivity contribution is -0.128. The highest BCUT2D eigenvalue weighted by Gasteiger charge is 2.24. The van der Waals surface area contributed by atoms with Gasteiger partial charge in [-0.3, -0.25) is 14.4 Å². The van der Waals surface area contributed by atoms with Crippen molar-refractivity contribution >= 4 is 23.6 Å². The van der Waals surface area contributed by atoms with E-state index in [9.17, 15) is 19.2 Å². The molecule has 4 nitrogen and oxygen atoms in total. The Morgan fingerprint density at radius 3 is 1.63 bits per heavy atom. The van der Waals surface area contributed by atoms with Crippen LogP contribution in [0.25, 0.3) is 0 Å². The van der Waals surface area contributed by atoms with Crippen LogP contribution in [0.2, 0.25) is 0 Å². The number of benzene rings is 1. The maximum atomic E-state index is 13.2. The van der Waals surface area contributed by atoms with E-state index < -0.39 is 0 Å². The molecule has 0 saturated carbocycles. The topological polar surface area (TPSA) is 68.3 Å². The molecule has 0 radical (unpaired) electrons. The molecule has 0 aromatic heterocycles. The number of unbranched alkanes of at least 4 members (excludes halogenated alkanes) is 12. The van der Waals surface area contributed by atoms with Gasteiger partial charge in [0, 0.05) is 43.4 Å². The summed E-state index contributed by atoms with van der Waals surface area (Å²) in [6.45, 7) is 20.4. The van der Waals surface area contributed by atoms with E-state index in [0.29, 0.717) is 38.5 Å². The first-order chi connectivity index (χ1) is 23.7. The fourth-order valence-electron chi connectivity index (χ4n) is 6.24. The monoisotopic (exact) mass is 683 g/mol. The van der Waals surface area contributed by atoms with Gasteiger partial charge >= 0.3 is 0 Å². The van der Waals surface area contributed by atoms with Crippen LogP contribution in [0.5, 0.6) is 0 Å². The van der Waals surface area contributed by atoms with E-state index >= 15 is 0 Å². The van der Waals surface area contributed by atoms with Crippen molar-refractivity contribution in [1.29, 1.82) is 0 Å². The second kappa shape index (κ2) is 34.1. The number of carbonyl (C=O) groups is 4. The maximum Gasteiger partial charge on any atom is 0.137 e. The molecule has 1 unspecified atom stereocenters. The number of rotatable bonds is 30. The van der Waals surface area contributed by atoms with Crippen molar-refractivity contribution in [2.24, 2.45) is 17.8 Å². The van der Waals surface area contributed by atoms with Crippen LogP contribution in [-0.4, -0.2) is 23.6 Å². The number of Topliss-reactive ketones (excluding diaryl/α,β-unsaturated/α-hetero) is 3. The lowest BCUT2D eigenvalue weighted by atomic mass is 9.84. The van der Waals surface area contributed by atoms with Gasteiger partial charge in [0.05, 0.1) is 0 Å². The molecule has 4 heteroatoms. The molecule has 0 aliphatic heterocycles. The molecule has 1 aromatic rings. The minimum absolute atomic E-state index is 0.0743. The predicted molar refractivity (Wildman–Crippen MR) is 212 cm³/mol. The fourth-order valence-corrected chi connectivity index (χ4v) is 6.24. The summed E-state index contributed by atoms with van der Waals surface area (Å²) < 4.78 is 0. The first-order valence-electron chi connectivity index (χ1n) is 20.4. The highest BCUT2D eigenvalue weighted by atomic mass is 16.1. The van der Waals surface area contributed by atoms with Crippen LogP contribution in [-0.2, 0) is 25.6 Å². The maximum absolute atomic E-state index is 13.2. The van der Waals surface area contributed by atoms with Gasteiger partial charge in [-0.25, -0.2) is 0 Å². The Hall–Kier alpha value is -2.36. The smallest absolute Gasteiger partial charge is 0.137 e. The van der Waals surface area contributed by atoms with Crippen LogP contribution in [0.3, 0.4) is 0 Å². The van der Waals surface area contributed by atoms with Crippen molar-refractivity contribution in [3.8, 4) is 0 Å². The van der Waals surface area contributed by atoms with Crippen LogP contribution in [0.4, 0.5) is 0 Å². The summed E-state index contributed by atoms with van der Waals surface area (Å²) in [6.07, 6.45) is 22.4. The fraction of sp³-hybridized carbons (Fsp3) is 0.733. The Morgan fingerprint density at radius 2 is 1.14 bits per heavy atom. The molecule has 0 amide bonds. The van der Waals surface area contributed by atoms with Gasteiger partial charge in [-0.1, -0.05) is 174 Å². The number of ketones is 3. The zero-order valence-electron chi connectivity index (χ0n) is 33.5. The van der Waals surface area contributed by atoms with Crippen molar-refractivity contribution in [2.45, 2.75) is 197 Å². The van der Waals surface area contributed by atoms with Gasteiger partial charge in [0.25, 0.3) is 0 Å². The van der Waals surface area contributed by atoms with Gasteiger partial charge < -0.3 is 4.79 Å². The molecule has 282 valence electrons. The molecule has 0 aliphatic rings. The average Bonchev–Trinajstić information content (AvgIpc) is 3.11. The van der Waals surface area contributed by atoms with E-state index in [1.165, 1.54) is 76.2 Å². The third-order valence-electron chi connectivity index (χ3n) is 9.20. The molecule has 0 heterocycles. The highest BCUT2D eigenvalue weighted by Crippen LogP contribution is 2.25. The molecule has 1 aromatic carbocycles. The van der Waals surface area contributed by atoms with Crippen LogP contribution >= 0.6 is 0 Å². The van der Waals surface area contributed by atoms with E-state index in [0.717, 1.165) is 43.1 Å². The molecule has 0 aliphatic carbocycles. The third-order valence-corrected chi connectivity index (χ3v) is 9.20. The number of hydrogen-bond donors (Lipinski definition) is 0. The van der Waals surface area contributed by atoms with Gasteiger partial charge in [-0.05, 0) is 44.6 Å². The Morgan fingerprint density at radius 1 is 0.633 bits per heavy atom. The molecule has 0 saturated heterocycles. The minimum Gasteiger partial charge on any atom is -0.303 e. The molecule has 0 N–H and O–H groups in total. The first-order valence-corrected chi connectivity index (χ1v) is 20.4. The zero-order valence-corrected chi connectivity index (χ0v) is 33.5.